The number of rotatable bonds is 6. The van der Waals surface area contributed by atoms with Gasteiger partial charge in [0.05, 0.1) is 5.56 Å². The highest BCUT2D eigenvalue weighted by atomic mass is 79.9. The van der Waals surface area contributed by atoms with Crippen LogP contribution in [0.15, 0.2) is 28.7 Å². The maximum Gasteiger partial charge on any atom is 0.344 e. The second-order valence-electron chi connectivity index (χ2n) is 6.33. The third-order valence-corrected chi connectivity index (χ3v) is 6.06. The zero-order chi connectivity index (χ0) is 19.9. The number of nitriles is 1. The zero-order valence-electron chi connectivity index (χ0n) is 15.1. The Morgan fingerprint density at radius 1 is 1.14 bits per heavy atom. The number of carbonyl (C=O) groups is 2. The molecule has 1 N–H and O–H groups in total. The first-order chi connectivity index (χ1) is 13.6. The first-order valence-corrected chi connectivity index (χ1v) is 10.6. The van der Waals surface area contributed by atoms with Crippen molar-refractivity contribution in [1.82, 2.24) is 0 Å². The normalized spacial score (nSPS) is 13.0. The van der Waals surface area contributed by atoms with Crippen molar-refractivity contribution < 1.29 is 19.1 Å². The molecule has 0 atom stereocenters. The van der Waals surface area contributed by atoms with Crippen LogP contribution in [0.3, 0.4) is 0 Å². The van der Waals surface area contributed by atoms with E-state index in [1.165, 1.54) is 16.2 Å². The van der Waals surface area contributed by atoms with Crippen molar-refractivity contribution in [2.24, 2.45) is 0 Å². The highest BCUT2D eigenvalue weighted by Gasteiger charge is 2.21. The Morgan fingerprint density at radius 3 is 2.64 bits per heavy atom. The van der Waals surface area contributed by atoms with E-state index in [9.17, 15) is 14.9 Å². The summed E-state index contributed by atoms with van der Waals surface area (Å²) in [5.74, 6) is -0.575. The van der Waals surface area contributed by atoms with Gasteiger partial charge in [0.2, 0.25) is 0 Å². The Balaban J connectivity index is 1.50. The average molecular weight is 463 g/mol. The number of aryl methyl sites for hydroxylation is 1. The molecule has 28 heavy (non-hydrogen) atoms. The monoisotopic (exact) mass is 462 g/mol. The standard InChI is InChI=1S/C20H19BrN2O4S/c21-13-6-8-14(9-7-13)26-12-19(25)27-11-18(24)23-20-16(10-22)15-4-2-1-3-5-17(15)28-20/h6-9H,1-5,11-12H2,(H,23,24). The lowest BCUT2D eigenvalue weighted by molar-refractivity contribution is -0.149. The maximum absolute atomic E-state index is 12.1. The molecule has 1 aliphatic carbocycles. The van der Waals surface area contributed by atoms with E-state index in [0.717, 1.165) is 42.1 Å². The number of hydrogen-bond donors (Lipinski definition) is 1. The Labute approximate surface area is 175 Å². The summed E-state index contributed by atoms with van der Waals surface area (Å²) in [6, 6.07) is 9.23. The summed E-state index contributed by atoms with van der Waals surface area (Å²) < 4.78 is 11.2. The summed E-state index contributed by atoms with van der Waals surface area (Å²) in [5, 5.41) is 12.7. The number of nitrogens with zero attached hydrogens (tertiary/aromatic N) is 1. The predicted molar refractivity (Wildman–Crippen MR) is 110 cm³/mol. The molecule has 3 rings (SSSR count). The summed E-state index contributed by atoms with van der Waals surface area (Å²) in [5.41, 5.74) is 1.60. The number of benzene rings is 1. The summed E-state index contributed by atoms with van der Waals surface area (Å²) in [7, 11) is 0. The van der Waals surface area contributed by atoms with Gasteiger partial charge in [0.25, 0.3) is 5.91 Å². The van der Waals surface area contributed by atoms with Crippen LogP contribution < -0.4 is 10.1 Å². The van der Waals surface area contributed by atoms with E-state index in [-0.39, 0.29) is 6.61 Å². The number of amides is 1. The number of hydrogen-bond acceptors (Lipinski definition) is 6. The molecule has 1 aromatic heterocycles. The van der Waals surface area contributed by atoms with E-state index >= 15 is 0 Å². The fourth-order valence-electron chi connectivity index (χ4n) is 2.97. The van der Waals surface area contributed by atoms with Gasteiger partial charge in [-0.3, -0.25) is 4.79 Å². The molecule has 2 aromatic rings. The lowest BCUT2D eigenvalue weighted by Crippen LogP contribution is -2.23. The third-order valence-electron chi connectivity index (χ3n) is 4.32. The molecular weight excluding hydrogens is 444 g/mol. The number of halogens is 1. The molecule has 1 amide bonds. The van der Waals surface area contributed by atoms with Gasteiger partial charge in [0.15, 0.2) is 13.2 Å². The maximum atomic E-state index is 12.1. The molecule has 0 unspecified atom stereocenters. The van der Waals surface area contributed by atoms with Gasteiger partial charge in [-0.2, -0.15) is 5.26 Å². The van der Waals surface area contributed by atoms with Gasteiger partial charge in [-0.1, -0.05) is 22.4 Å². The summed E-state index contributed by atoms with van der Waals surface area (Å²) in [6.07, 6.45) is 5.12. The molecule has 1 aliphatic rings. The highest BCUT2D eigenvalue weighted by Crippen LogP contribution is 2.36. The van der Waals surface area contributed by atoms with E-state index in [2.05, 4.69) is 27.3 Å². The first kappa shape index (κ1) is 20.4. The second kappa shape index (κ2) is 9.71. The minimum absolute atomic E-state index is 0.286. The molecular formula is C20H19BrN2O4S. The van der Waals surface area contributed by atoms with Crippen molar-refractivity contribution in [3.8, 4) is 11.8 Å². The van der Waals surface area contributed by atoms with Gasteiger partial charge in [-0.25, -0.2) is 4.79 Å². The minimum atomic E-state index is -0.638. The number of carbonyl (C=O) groups excluding carboxylic acids is 2. The molecule has 0 saturated carbocycles. The summed E-state index contributed by atoms with van der Waals surface area (Å²) in [6.45, 7) is -0.707. The van der Waals surface area contributed by atoms with Gasteiger partial charge in [-0.05, 0) is 55.5 Å². The minimum Gasteiger partial charge on any atom is -0.482 e. The van der Waals surface area contributed by atoms with Crippen LogP contribution in [-0.2, 0) is 27.2 Å². The van der Waals surface area contributed by atoms with Gasteiger partial charge in [-0.15, -0.1) is 11.3 Å². The van der Waals surface area contributed by atoms with Gasteiger partial charge < -0.3 is 14.8 Å². The van der Waals surface area contributed by atoms with Gasteiger partial charge >= 0.3 is 5.97 Å². The molecule has 0 bridgehead atoms. The quantitative estimate of drug-likeness (QED) is 0.512. The zero-order valence-corrected chi connectivity index (χ0v) is 17.5. The molecule has 6 nitrogen and oxygen atoms in total. The largest absolute Gasteiger partial charge is 0.482 e. The summed E-state index contributed by atoms with van der Waals surface area (Å²) in [4.78, 5) is 25.1. The Morgan fingerprint density at radius 2 is 1.89 bits per heavy atom. The van der Waals surface area contributed by atoms with E-state index in [1.807, 2.05) is 0 Å². The van der Waals surface area contributed by atoms with Gasteiger partial charge in [0, 0.05) is 9.35 Å². The smallest absolute Gasteiger partial charge is 0.344 e. The van der Waals surface area contributed by atoms with E-state index in [0.29, 0.717) is 16.3 Å². The molecule has 0 saturated heterocycles. The van der Waals surface area contributed by atoms with Crippen LogP contribution >= 0.6 is 27.3 Å². The molecule has 0 fully saturated rings. The van der Waals surface area contributed by atoms with E-state index in [4.69, 9.17) is 9.47 Å². The van der Waals surface area contributed by atoms with Crippen LogP contribution in [-0.4, -0.2) is 25.1 Å². The number of esters is 1. The predicted octanol–water partition coefficient (Wildman–Crippen LogP) is 4.21. The first-order valence-electron chi connectivity index (χ1n) is 8.95. The Hall–Kier alpha value is -2.37. The van der Waals surface area contributed by atoms with Crippen LogP contribution in [0.4, 0.5) is 5.00 Å². The van der Waals surface area contributed by atoms with Crippen molar-refractivity contribution >= 4 is 44.1 Å². The molecule has 0 radical (unpaired) electrons. The molecule has 1 heterocycles. The van der Waals surface area contributed by atoms with Crippen LogP contribution in [0.25, 0.3) is 0 Å². The van der Waals surface area contributed by atoms with Crippen molar-refractivity contribution in [2.45, 2.75) is 32.1 Å². The lowest BCUT2D eigenvalue weighted by Gasteiger charge is -2.07. The SMILES string of the molecule is N#Cc1c(NC(=O)COC(=O)COc2ccc(Br)cc2)sc2c1CCCCC2. The average Bonchev–Trinajstić information content (AvgIpc) is 2.85. The number of nitrogens with one attached hydrogen (secondary N) is 1. The lowest BCUT2D eigenvalue weighted by atomic mass is 10.1. The number of thiophene rings is 1. The van der Waals surface area contributed by atoms with E-state index in [1.54, 1.807) is 24.3 Å². The van der Waals surface area contributed by atoms with Crippen molar-refractivity contribution in [3.05, 3.63) is 44.7 Å². The molecule has 8 heteroatoms. The molecule has 146 valence electrons. The number of fused-ring (bicyclic) bond motifs is 1. The van der Waals surface area contributed by atoms with Gasteiger partial charge in [0.1, 0.15) is 16.8 Å². The fourth-order valence-corrected chi connectivity index (χ4v) is 4.49. The van der Waals surface area contributed by atoms with Crippen LogP contribution in [0.5, 0.6) is 5.75 Å². The van der Waals surface area contributed by atoms with Crippen molar-refractivity contribution in [3.63, 3.8) is 0 Å². The third kappa shape index (κ3) is 5.33. The molecule has 0 aliphatic heterocycles. The van der Waals surface area contributed by atoms with Crippen LogP contribution in [0, 0.1) is 11.3 Å². The summed E-state index contributed by atoms with van der Waals surface area (Å²) >= 11 is 4.76. The highest BCUT2D eigenvalue weighted by molar-refractivity contribution is 9.10. The fraction of sp³-hybridized carbons (Fsp3) is 0.350. The number of ether oxygens (including phenoxy) is 2. The van der Waals surface area contributed by atoms with Crippen LogP contribution in [0.1, 0.15) is 35.3 Å². The second-order valence-corrected chi connectivity index (χ2v) is 8.35. The Kier molecular flexibility index (Phi) is 7.06. The number of anilines is 1. The molecule has 0 spiro atoms. The van der Waals surface area contributed by atoms with Crippen LogP contribution in [0.2, 0.25) is 0 Å². The van der Waals surface area contributed by atoms with Crippen molar-refractivity contribution in [2.75, 3.05) is 18.5 Å². The topological polar surface area (TPSA) is 88.4 Å². The van der Waals surface area contributed by atoms with Crippen molar-refractivity contribution in [1.29, 1.82) is 5.26 Å². The Bertz CT molecular complexity index is 902. The molecule has 1 aromatic carbocycles. The van der Waals surface area contributed by atoms with E-state index < -0.39 is 18.5 Å².